The molecule has 0 saturated carbocycles. The summed E-state index contributed by atoms with van der Waals surface area (Å²) in [7, 11) is 0. The SMILES string of the molecule is O=C(O)c1ccc(Cl)c(NC(=S)NC(=O)c2ccc(-c3cccc([N+](=O)[O-])c3)o2)c1. The number of hydrogen-bond acceptors (Lipinski definition) is 6. The van der Waals surface area contributed by atoms with Gasteiger partial charge in [0.2, 0.25) is 0 Å². The van der Waals surface area contributed by atoms with E-state index in [1.54, 1.807) is 6.07 Å². The fourth-order valence-corrected chi connectivity index (χ4v) is 2.83. The van der Waals surface area contributed by atoms with Gasteiger partial charge in [-0.1, -0.05) is 23.7 Å². The molecule has 3 aromatic rings. The summed E-state index contributed by atoms with van der Waals surface area (Å²) >= 11 is 11.1. The van der Waals surface area contributed by atoms with Crippen molar-refractivity contribution in [3.8, 4) is 11.3 Å². The molecular weight excluding hydrogens is 434 g/mol. The summed E-state index contributed by atoms with van der Waals surface area (Å²) in [5.41, 5.74) is 0.518. The van der Waals surface area contributed by atoms with E-state index in [9.17, 15) is 19.7 Å². The average Bonchev–Trinajstić information content (AvgIpc) is 3.20. The van der Waals surface area contributed by atoms with Crippen molar-refractivity contribution in [1.29, 1.82) is 0 Å². The van der Waals surface area contributed by atoms with Crippen molar-refractivity contribution < 1.29 is 24.0 Å². The number of amides is 1. The summed E-state index contributed by atoms with van der Waals surface area (Å²) in [5, 5.41) is 25.1. The number of carboxylic acids is 1. The second kappa shape index (κ2) is 8.72. The van der Waals surface area contributed by atoms with Crippen LogP contribution in [0, 0.1) is 10.1 Å². The Morgan fingerprint density at radius 3 is 2.60 bits per heavy atom. The maximum atomic E-state index is 12.4. The lowest BCUT2D eigenvalue weighted by Crippen LogP contribution is -2.34. The molecule has 9 nitrogen and oxygen atoms in total. The number of carboxylic acid groups (broad SMARTS) is 1. The third kappa shape index (κ3) is 4.80. The van der Waals surface area contributed by atoms with Crippen LogP contribution in [0.25, 0.3) is 11.3 Å². The molecule has 1 heterocycles. The van der Waals surface area contributed by atoms with Crippen molar-refractivity contribution in [2.75, 3.05) is 5.32 Å². The number of nitrogens with one attached hydrogen (secondary N) is 2. The lowest BCUT2D eigenvalue weighted by molar-refractivity contribution is -0.384. The highest BCUT2D eigenvalue weighted by Gasteiger charge is 2.16. The van der Waals surface area contributed by atoms with E-state index >= 15 is 0 Å². The number of anilines is 1. The van der Waals surface area contributed by atoms with Crippen molar-refractivity contribution in [2.45, 2.75) is 0 Å². The fraction of sp³-hybridized carbons (Fsp3) is 0. The number of halogens is 1. The molecule has 0 bridgehead atoms. The fourth-order valence-electron chi connectivity index (χ4n) is 2.46. The first kappa shape index (κ1) is 21.0. The standard InChI is InChI=1S/C19H12ClN3O6S/c20-13-5-4-11(18(25)26)9-14(13)21-19(30)22-17(24)16-7-6-15(29-16)10-2-1-3-12(8-10)23(27)28/h1-9H,(H,25,26)(H2,21,22,24,30). The van der Waals surface area contributed by atoms with E-state index in [4.69, 9.17) is 33.3 Å². The average molecular weight is 446 g/mol. The zero-order valence-electron chi connectivity index (χ0n) is 14.9. The van der Waals surface area contributed by atoms with E-state index in [0.717, 1.165) is 0 Å². The lowest BCUT2D eigenvalue weighted by Gasteiger charge is -2.10. The topological polar surface area (TPSA) is 135 Å². The van der Waals surface area contributed by atoms with Gasteiger partial charge in [0.1, 0.15) is 5.76 Å². The van der Waals surface area contributed by atoms with Crippen molar-refractivity contribution in [3.05, 3.63) is 81.1 Å². The molecule has 0 unspecified atom stereocenters. The zero-order valence-corrected chi connectivity index (χ0v) is 16.5. The number of non-ortho nitro benzene ring substituents is 1. The highest BCUT2D eigenvalue weighted by Crippen LogP contribution is 2.26. The van der Waals surface area contributed by atoms with E-state index in [2.05, 4.69) is 10.6 Å². The van der Waals surface area contributed by atoms with Gasteiger partial charge in [0.25, 0.3) is 11.6 Å². The number of thiocarbonyl (C=S) groups is 1. The molecule has 2 aromatic carbocycles. The number of carbonyl (C=O) groups excluding carboxylic acids is 1. The minimum Gasteiger partial charge on any atom is -0.478 e. The zero-order chi connectivity index (χ0) is 21.8. The minimum absolute atomic E-state index is 0.0105. The quantitative estimate of drug-likeness (QED) is 0.300. The number of furan rings is 1. The van der Waals surface area contributed by atoms with Gasteiger partial charge in [-0.15, -0.1) is 0 Å². The van der Waals surface area contributed by atoms with Gasteiger partial charge >= 0.3 is 5.97 Å². The van der Waals surface area contributed by atoms with E-state index in [-0.39, 0.29) is 38.6 Å². The molecule has 1 amide bonds. The molecule has 0 spiro atoms. The first-order valence-corrected chi connectivity index (χ1v) is 9.03. The number of rotatable bonds is 5. The van der Waals surface area contributed by atoms with Crippen LogP contribution in [0.5, 0.6) is 0 Å². The molecule has 1 aromatic heterocycles. The van der Waals surface area contributed by atoms with E-state index in [1.165, 1.54) is 48.5 Å². The Labute approximate surface area is 179 Å². The summed E-state index contributed by atoms with van der Waals surface area (Å²) in [4.78, 5) is 33.8. The Bertz CT molecular complexity index is 1180. The Balaban J connectivity index is 1.71. The monoisotopic (exact) mass is 445 g/mol. The molecule has 0 aliphatic heterocycles. The predicted molar refractivity (Wildman–Crippen MR) is 113 cm³/mol. The molecule has 0 radical (unpaired) electrons. The Hall–Kier alpha value is -3.76. The highest BCUT2D eigenvalue weighted by atomic mass is 35.5. The second-order valence-electron chi connectivity index (χ2n) is 5.88. The van der Waals surface area contributed by atoms with Crippen molar-refractivity contribution in [2.24, 2.45) is 0 Å². The molecule has 30 heavy (non-hydrogen) atoms. The molecule has 3 rings (SSSR count). The highest BCUT2D eigenvalue weighted by molar-refractivity contribution is 7.80. The Morgan fingerprint density at radius 2 is 1.90 bits per heavy atom. The number of carbonyl (C=O) groups is 2. The van der Waals surface area contributed by atoms with Crippen molar-refractivity contribution in [1.82, 2.24) is 5.32 Å². The van der Waals surface area contributed by atoms with Crippen LogP contribution < -0.4 is 10.6 Å². The first-order chi connectivity index (χ1) is 14.2. The lowest BCUT2D eigenvalue weighted by atomic mass is 10.1. The summed E-state index contributed by atoms with van der Waals surface area (Å²) in [6, 6.07) is 12.7. The predicted octanol–water partition coefficient (Wildman–Crippen LogP) is 4.33. The normalized spacial score (nSPS) is 10.3. The molecule has 0 aliphatic carbocycles. The molecule has 152 valence electrons. The van der Waals surface area contributed by atoms with Crippen molar-refractivity contribution in [3.63, 3.8) is 0 Å². The largest absolute Gasteiger partial charge is 0.478 e. The molecule has 0 aliphatic rings. The van der Waals surface area contributed by atoms with Crippen LogP contribution in [-0.4, -0.2) is 27.0 Å². The van der Waals surface area contributed by atoms with Crippen LogP contribution in [0.2, 0.25) is 5.02 Å². The van der Waals surface area contributed by atoms with Crippen molar-refractivity contribution >= 4 is 52.2 Å². The maximum absolute atomic E-state index is 12.4. The number of aromatic carboxylic acids is 1. The van der Waals surface area contributed by atoms with Crippen LogP contribution in [-0.2, 0) is 0 Å². The van der Waals surface area contributed by atoms with Crippen LogP contribution in [0.4, 0.5) is 11.4 Å². The molecule has 0 fully saturated rings. The number of benzene rings is 2. The molecule has 0 saturated heterocycles. The van der Waals surface area contributed by atoms with Gasteiger partial charge < -0.3 is 14.8 Å². The summed E-state index contributed by atoms with van der Waals surface area (Å²) in [6.07, 6.45) is 0. The third-order valence-corrected chi connectivity index (χ3v) is 4.39. The van der Waals surface area contributed by atoms with Gasteiger partial charge in [-0.2, -0.15) is 0 Å². The van der Waals surface area contributed by atoms with E-state index in [0.29, 0.717) is 5.56 Å². The van der Waals surface area contributed by atoms with Crippen LogP contribution in [0.3, 0.4) is 0 Å². The Kier molecular flexibility index (Phi) is 6.09. The summed E-state index contributed by atoms with van der Waals surface area (Å²) < 4.78 is 5.47. The number of nitro benzene ring substituents is 1. The second-order valence-corrected chi connectivity index (χ2v) is 6.69. The maximum Gasteiger partial charge on any atom is 0.335 e. The molecule has 3 N–H and O–H groups in total. The first-order valence-electron chi connectivity index (χ1n) is 8.24. The minimum atomic E-state index is -1.14. The van der Waals surface area contributed by atoms with Gasteiger partial charge in [-0.25, -0.2) is 4.79 Å². The molecule has 0 atom stereocenters. The van der Waals surface area contributed by atoms with E-state index in [1.807, 2.05) is 0 Å². The molecule has 11 heteroatoms. The Morgan fingerprint density at radius 1 is 1.13 bits per heavy atom. The van der Waals surface area contributed by atoms with Gasteiger partial charge in [-0.3, -0.25) is 20.2 Å². The van der Waals surface area contributed by atoms with Crippen LogP contribution in [0.1, 0.15) is 20.9 Å². The van der Waals surface area contributed by atoms with Gasteiger partial charge in [0.15, 0.2) is 10.9 Å². The van der Waals surface area contributed by atoms with Crippen LogP contribution >= 0.6 is 23.8 Å². The summed E-state index contributed by atoms with van der Waals surface area (Å²) in [5.74, 6) is -1.63. The molecular formula is C19H12ClN3O6S. The smallest absolute Gasteiger partial charge is 0.335 e. The number of hydrogen-bond donors (Lipinski definition) is 3. The summed E-state index contributed by atoms with van der Waals surface area (Å²) in [6.45, 7) is 0. The van der Waals surface area contributed by atoms with E-state index < -0.39 is 16.8 Å². The van der Waals surface area contributed by atoms with Crippen LogP contribution in [0.15, 0.2) is 59.0 Å². The van der Waals surface area contributed by atoms with Gasteiger partial charge in [0, 0.05) is 17.7 Å². The number of nitro groups is 1. The van der Waals surface area contributed by atoms with Gasteiger partial charge in [-0.05, 0) is 42.5 Å². The third-order valence-electron chi connectivity index (χ3n) is 3.86. The van der Waals surface area contributed by atoms with Gasteiger partial charge in [0.05, 0.1) is 21.2 Å². The number of nitrogens with zero attached hydrogens (tertiary/aromatic N) is 1.